The number of nitrogens with zero attached hydrogens (tertiary/aromatic N) is 1. The van der Waals surface area contributed by atoms with Crippen molar-refractivity contribution >= 4 is 12.4 Å². The number of hydrogen-bond donors (Lipinski definition) is 3. The zero-order valence-corrected chi connectivity index (χ0v) is 17.9. The molecular formula is C22H34N2O6. The van der Waals surface area contributed by atoms with E-state index in [4.69, 9.17) is 19.4 Å². The van der Waals surface area contributed by atoms with Crippen LogP contribution >= 0.6 is 0 Å². The van der Waals surface area contributed by atoms with Crippen LogP contribution in [-0.4, -0.2) is 72.0 Å². The normalized spacial score (nSPS) is 23.2. The molecule has 0 saturated carbocycles. The van der Waals surface area contributed by atoms with Gasteiger partial charge in [-0.1, -0.05) is 12.1 Å². The third-order valence-corrected chi connectivity index (χ3v) is 5.82. The number of carbonyl (C=O) groups excluding carboxylic acids is 1. The highest BCUT2D eigenvalue weighted by Gasteiger charge is 2.44. The lowest BCUT2D eigenvalue weighted by Gasteiger charge is -2.48. The van der Waals surface area contributed by atoms with E-state index in [9.17, 15) is 9.90 Å². The molecule has 1 amide bonds. The maximum Gasteiger partial charge on any atom is 0.290 e. The van der Waals surface area contributed by atoms with Crippen LogP contribution in [0.5, 0.6) is 5.75 Å². The Labute approximate surface area is 178 Å². The molecule has 1 spiro atoms. The minimum Gasteiger partial charge on any atom is -0.497 e. The molecule has 2 heterocycles. The topological polar surface area (TPSA) is 108 Å². The number of hydrogen-bond acceptors (Lipinski definition) is 6. The van der Waals surface area contributed by atoms with Crippen LogP contribution in [0.2, 0.25) is 0 Å². The van der Waals surface area contributed by atoms with E-state index in [0.29, 0.717) is 26.0 Å². The van der Waals surface area contributed by atoms with Crippen molar-refractivity contribution in [3.63, 3.8) is 0 Å². The van der Waals surface area contributed by atoms with Crippen molar-refractivity contribution in [1.29, 1.82) is 0 Å². The van der Waals surface area contributed by atoms with Gasteiger partial charge in [-0.2, -0.15) is 0 Å². The number of rotatable bonds is 6. The summed E-state index contributed by atoms with van der Waals surface area (Å²) in [4.78, 5) is 22.8. The minimum atomic E-state index is -0.609. The zero-order chi connectivity index (χ0) is 22.0. The van der Waals surface area contributed by atoms with Crippen LogP contribution in [-0.2, 0) is 20.9 Å². The lowest BCUT2D eigenvalue weighted by Crippen LogP contribution is -2.53. The first-order valence-corrected chi connectivity index (χ1v) is 10.4. The van der Waals surface area contributed by atoms with E-state index < -0.39 is 5.60 Å². The molecule has 0 aliphatic carbocycles. The quantitative estimate of drug-likeness (QED) is 0.600. The van der Waals surface area contributed by atoms with Crippen LogP contribution in [0.3, 0.4) is 0 Å². The number of benzene rings is 1. The number of carbonyl (C=O) groups is 2. The monoisotopic (exact) mass is 422 g/mol. The van der Waals surface area contributed by atoms with Gasteiger partial charge in [0.05, 0.1) is 24.9 Å². The van der Waals surface area contributed by atoms with Crippen LogP contribution < -0.4 is 10.1 Å². The molecule has 168 valence electrons. The van der Waals surface area contributed by atoms with E-state index in [0.717, 1.165) is 50.2 Å². The summed E-state index contributed by atoms with van der Waals surface area (Å²) in [5.41, 5.74) is 0.280. The first kappa shape index (κ1) is 24.1. The Morgan fingerprint density at radius 3 is 2.47 bits per heavy atom. The maximum atomic E-state index is 12.1. The van der Waals surface area contributed by atoms with Gasteiger partial charge in [0.2, 0.25) is 5.91 Å². The van der Waals surface area contributed by atoms with Gasteiger partial charge in [0.25, 0.3) is 6.47 Å². The third kappa shape index (κ3) is 7.59. The number of amides is 1. The molecule has 2 aliphatic heterocycles. The largest absolute Gasteiger partial charge is 0.497 e. The second-order valence-corrected chi connectivity index (χ2v) is 8.28. The molecule has 2 saturated heterocycles. The summed E-state index contributed by atoms with van der Waals surface area (Å²) in [6.45, 7) is 5.44. The molecule has 2 fully saturated rings. The smallest absolute Gasteiger partial charge is 0.290 e. The van der Waals surface area contributed by atoms with Crippen LogP contribution in [0, 0.1) is 0 Å². The number of methoxy groups -OCH3 is 1. The molecule has 0 aromatic heterocycles. The predicted octanol–water partition coefficient (Wildman–Crippen LogP) is 1.80. The van der Waals surface area contributed by atoms with Gasteiger partial charge in [-0.25, -0.2) is 0 Å². The van der Waals surface area contributed by atoms with E-state index in [-0.39, 0.29) is 18.0 Å². The van der Waals surface area contributed by atoms with Crippen LogP contribution in [0.25, 0.3) is 0 Å². The molecule has 8 nitrogen and oxygen atoms in total. The van der Waals surface area contributed by atoms with Gasteiger partial charge in [-0.3, -0.25) is 9.59 Å². The van der Waals surface area contributed by atoms with E-state index in [1.807, 2.05) is 31.2 Å². The average molecular weight is 423 g/mol. The van der Waals surface area contributed by atoms with Crippen molar-refractivity contribution < 1.29 is 29.3 Å². The summed E-state index contributed by atoms with van der Waals surface area (Å²) in [5, 5.41) is 20.2. The molecule has 2 aliphatic rings. The lowest BCUT2D eigenvalue weighted by atomic mass is 9.78. The highest BCUT2D eigenvalue weighted by molar-refractivity contribution is 5.76. The molecule has 8 heteroatoms. The number of likely N-dealkylation sites (tertiary alicyclic amines) is 1. The van der Waals surface area contributed by atoms with Gasteiger partial charge in [0.1, 0.15) is 5.75 Å². The van der Waals surface area contributed by atoms with Crippen molar-refractivity contribution in [3.8, 4) is 5.75 Å². The fraction of sp³-hybridized carbons (Fsp3) is 0.636. The summed E-state index contributed by atoms with van der Waals surface area (Å²) in [6.07, 6.45) is 3.79. The lowest BCUT2D eigenvalue weighted by molar-refractivity contribution is -0.172. The van der Waals surface area contributed by atoms with Crippen molar-refractivity contribution in [2.75, 3.05) is 33.4 Å². The SMILES string of the molecule is COc1ccc(CNC(=O)CCN2CCC3(CC2)CC(C)(O)CCO3)cc1.O=CO. The van der Waals surface area contributed by atoms with Crippen molar-refractivity contribution in [1.82, 2.24) is 10.2 Å². The highest BCUT2D eigenvalue weighted by atomic mass is 16.5. The zero-order valence-electron chi connectivity index (χ0n) is 17.9. The number of piperidine rings is 1. The van der Waals surface area contributed by atoms with Crippen molar-refractivity contribution in [2.45, 2.75) is 56.8 Å². The molecule has 3 rings (SSSR count). The minimum absolute atomic E-state index is 0.0722. The molecule has 30 heavy (non-hydrogen) atoms. The summed E-state index contributed by atoms with van der Waals surface area (Å²) >= 11 is 0. The molecule has 1 unspecified atom stereocenters. The summed E-state index contributed by atoms with van der Waals surface area (Å²) in [5.74, 6) is 0.888. The number of aliphatic hydroxyl groups is 1. The highest BCUT2D eigenvalue weighted by Crippen LogP contribution is 2.39. The molecule has 1 atom stereocenters. The Balaban J connectivity index is 0.00000101. The molecule has 3 N–H and O–H groups in total. The molecule has 0 radical (unpaired) electrons. The second-order valence-electron chi connectivity index (χ2n) is 8.28. The number of carboxylic acid groups (broad SMARTS) is 1. The molecule has 1 aromatic rings. The second kappa shape index (κ2) is 11.3. The van der Waals surface area contributed by atoms with Crippen LogP contribution in [0.1, 0.15) is 44.6 Å². The molecule has 1 aromatic carbocycles. The molecule has 0 bridgehead atoms. The first-order valence-electron chi connectivity index (χ1n) is 10.4. The summed E-state index contributed by atoms with van der Waals surface area (Å²) in [6, 6.07) is 7.72. The van der Waals surface area contributed by atoms with E-state index >= 15 is 0 Å². The van der Waals surface area contributed by atoms with Crippen molar-refractivity contribution in [3.05, 3.63) is 29.8 Å². The Bertz CT molecular complexity index is 669. The van der Waals surface area contributed by atoms with E-state index in [1.165, 1.54) is 0 Å². The maximum absolute atomic E-state index is 12.1. The third-order valence-electron chi connectivity index (χ3n) is 5.82. The number of ether oxygens (including phenoxy) is 2. The van der Waals surface area contributed by atoms with Crippen molar-refractivity contribution in [2.24, 2.45) is 0 Å². The average Bonchev–Trinajstić information content (AvgIpc) is 2.72. The molecular weight excluding hydrogens is 388 g/mol. The van der Waals surface area contributed by atoms with Gasteiger partial charge in [-0.15, -0.1) is 0 Å². The van der Waals surface area contributed by atoms with E-state index in [2.05, 4.69) is 10.2 Å². The predicted molar refractivity (Wildman–Crippen MR) is 112 cm³/mol. The summed E-state index contributed by atoms with van der Waals surface area (Å²) < 4.78 is 11.2. The van der Waals surface area contributed by atoms with E-state index in [1.54, 1.807) is 7.11 Å². The fourth-order valence-corrected chi connectivity index (χ4v) is 4.12. The van der Waals surface area contributed by atoms with Crippen LogP contribution in [0.4, 0.5) is 0 Å². The number of nitrogens with one attached hydrogen (secondary N) is 1. The van der Waals surface area contributed by atoms with Gasteiger partial charge in [-0.05, 0) is 43.9 Å². The first-order chi connectivity index (χ1) is 14.3. The fourth-order valence-electron chi connectivity index (χ4n) is 4.12. The standard InChI is InChI=1S/C21H32N2O4.CH2O2/c1-20(25)10-14-27-21(16-20)8-12-23(13-9-21)11-7-19(24)22-15-17-3-5-18(26-2)6-4-17;2-1-3/h3-6,25H,7-16H2,1-2H3,(H,22,24);1H,(H,2,3). The van der Waals surface area contributed by atoms with Crippen LogP contribution in [0.15, 0.2) is 24.3 Å². The van der Waals surface area contributed by atoms with Gasteiger partial charge in [0, 0.05) is 39.0 Å². The Kier molecular flexibility index (Phi) is 9.08. The van der Waals surface area contributed by atoms with Gasteiger partial charge >= 0.3 is 0 Å². The van der Waals surface area contributed by atoms with Gasteiger partial charge in [0.15, 0.2) is 0 Å². The Morgan fingerprint density at radius 2 is 1.90 bits per heavy atom. The summed E-state index contributed by atoms with van der Waals surface area (Å²) in [7, 11) is 1.64. The Morgan fingerprint density at radius 1 is 1.27 bits per heavy atom. The van der Waals surface area contributed by atoms with Gasteiger partial charge < -0.3 is 29.9 Å². The Hall–Kier alpha value is -2.16.